The number of nitrogens with one attached hydrogen (secondary N) is 1. The lowest BCUT2D eigenvalue weighted by Crippen LogP contribution is -2.60. The van der Waals surface area contributed by atoms with Gasteiger partial charge in [0.15, 0.2) is 11.6 Å². The van der Waals surface area contributed by atoms with Crippen molar-refractivity contribution in [1.82, 2.24) is 0 Å². The zero-order valence-electron chi connectivity index (χ0n) is 30.9. The number of imide groups is 1. The Kier molecular flexibility index (Phi) is 8.18. The van der Waals surface area contributed by atoms with Crippen molar-refractivity contribution in [2.45, 2.75) is 24.7 Å². The van der Waals surface area contributed by atoms with Crippen LogP contribution in [-0.4, -0.2) is 28.5 Å². The van der Waals surface area contributed by atoms with E-state index in [2.05, 4.69) is 11.4 Å². The molecule has 8 heteroatoms. The van der Waals surface area contributed by atoms with Crippen LogP contribution in [0.2, 0.25) is 0 Å². The molecule has 0 unspecified atom stereocenters. The maximum Gasteiger partial charge on any atom is 0.238 e. The Morgan fingerprint density at radius 1 is 0.737 bits per heavy atom. The van der Waals surface area contributed by atoms with E-state index >= 15 is 9.59 Å². The molecule has 0 bridgehead atoms. The number of para-hydroxylation sites is 1. The summed E-state index contributed by atoms with van der Waals surface area (Å²) in [5.41, 5.74) is 4.98. The van der Waals surface area contributed by atoms with E-state index in [4.69, 9.17) is 4.74 Å². The van der Waals surface area contributed by atoms with Crippen LogP contribution in [0.25, 0.3) is 5.57 Å². The Morgan fingerprint density at radius 3 is 2.16 bits per heavy atom. The SMILES string of the molecule is O=C1C(c2ccccc2)=CC(=O)[C@@]2(c3ccccc3)[C@@H](C3=COc4ccc(O)cc4C3)C3=CC[C@@H]4C(=O)N(c5ccc(Nc6ccccc6)cc5)C(=O)[C@@H]4[C@@H]3C[C@@H]12. The number of fused-ring (bicyclic) bond motifs is 5. The first-order chi connectivity index (χ1) is 27.8. The Morgan fingerprint density at radius 2 is 1.42 bits per heavy atom. The van der Waals surface area contributed by atoms with E-state index in [1.165, 1.54) is 11.0 Å². The molecule has 3 aliphatic carbocycles. The topological polar surface area (TPSA) is 113 Å². The molecule has 57 heavy (non-hydrogen) atoms. The van der Waals surface area contributed by atoms with Crippen molar-refractivity contribution in [3.05, 3.63) is 180 Å². The largest absolute Gasteiger partial charge is 0.508 e. The van der Waals surface area contributed by atoms with Crippen molar-refractivity contribution < 1.29 is 29.0 Å². The molecule has 1 saturated carbocycles. The smallest absolute Gasteiger partial charge is 0.238 e. The summed E-state index contributed by atoms with van der Waals surface area (Å²) in [7, 11) is 0. The number of ether oxygens (including phenoxy) is 1. The van der Waals surface area contributed by atoms with Crippen LogP contribution in [0.1, 0.15) is 29.5 Å². The number of allylic oxidation sites excluding steroid dienone is 5. The number of carbonyl (C=O) groups excluding carboxylic acids is 4. The molecule has 2 aliphatic heterocycles. The number of hydrogen-bond acceptors (Lipinski definition) is 7. The van der Waals surface area contributed by atoms with Gasteiger partial charge in [-0.25, -0.2) is 0 Å². The molecule has 5 aliphatic rings. The second kappa shape index (κ2) is 13.4. The average Bonchev–Trinajstić information content (AvgIpc) is 3.51. The molecule has 0 spiro atoms. The highest BCUT2D eigenvalue weighted by molar-refractivity contribution is 6.31. The fourth-order valence-electron chi connectivity index (χ4n) is 10.3. The van der Waals surface area contributed by atoms with Crippen molar-refractivity contribution in [2.75, 3.05) is 10.2 Å². The number of amides is 2. The second-order valence-corrected chi connectivity index (χ2v) is 15.6. The third-order valence-corrected chi connectivity index (χ3v) is 12.7. The summed E-state index contributed by atoms with van der Waals surface area (Å²) in [4.78, 5) is 61.1. The van der Waals surface area contributed by atoms with E-state index in [0.29, 0.717) is 41.0 Å². The van der Waals surface area contributed by atoms with Gasteiger partial charge in [0.2, 0.25) is 11.8 Å². The zero-order valence-corrected chi connectivity index (χ0v) is 30.9. The summed E-state index contributed by atoms with van der Waals surface area (Å²) in [5.74, 6) is -3.61. The van der Waals surface area contributed by atoms with Crippen LogP contribution in [0, 0.1) is 29.6 Å². The maximum absolute atomic E-state index is 15.3. The van der Waals surface area contributed by atoms with E-state index in [9.17, 15) is 14.7 Å². The van der Waals surface area contributed by atoms with Crippen molar-refractivity contribution >= 4 is 46.0 Å². The molecular formula is C49H38N2O6. The standard InChI is InChI=1S/C49H38N2O6/c52-36-20-23-42-30(25-36)24-31(28-57-42)45-37-21-22-38-44(48(56)51(47(38)55)35-18-16-34(17-19-35)50-33-14-8-3-9-15-33)40(37)26-41-46(54)39(29-10-4-1-5-11-29)27-43(53)49(41,45)32-12-6-2-7-13-32/h1-21,23,25,27-28,38,40-41,44-45,50,52H,22,24,26H2/t38-,40+,41-,44-,45-,49-/m0/s1. The molecule has 0 aromatic heterocycles. The predicted molar refractivity (Wildman–Crippen MR) is 217 cm³/mol. The molecule has 1 saturated heterocycles. The first kappa shape index (κ1) is 34.7. The van der Waals surface area contributed by atoms with Gasteiger partial charge in [-0.1, -0.05) is 90.5 Å². The van der Waals surface area contributed by atoms with E-state index in [-0.39, 0.29) is 35.6 Å². The Labute approximate surface area is 329 Å². The van der Waals surface area contributed by atoms with Gasteiger partial charge in [-0.05, 0) is 96.1 Å². The minimum atomic E-state index is -1.36. The van der Waals surface area contributed by atoms with Crippen molar-refractivity contribution in [2.24, 2.45) is 29.6 Å². The molecule has 5 aromatic carbocycles. The summed E-state index contributed by atoms with van der Waals surface area (Å²) in [6.45, 7) is 0. The number of hydrogen-bond donors (Lipinski definition) is 2. The van der Waals surface area contributed by atoms with Gasteiger partial charge >= 0.3 is 0 Å². The summed E-state index contributed by atoms with van der Waals surface area (Å²) < 4.78 is 6.24. The highest BCUT2D eigenvalue weighted by atomic mass is 16.5. The molecule has 6 atom stereocenters. The summed E-state index contributed by atoms with van der Waals surface area (Å²) in [6.07, 6.45) is 6.15. The molecule has 5 aromatic rings. The van der Waals surface area contributed by atoms with Crippen molar-refractivity contribution in [1.29, 1.82) is 0 Å². The molecule has 0 radical (unpaired) electrons. The highest BCUT2D eigenvalue weighted by Gasteiger charge is 2.66. The molecular weight excluding hydrogens is 713 g/mol. The van der Waals surface area contributed by atoms with Gasteiger partial charge in [0.25, 0.3) is 0 Å². The van der Waals surface area contributed by atoms with Crippen molar-refractivity contribution in [3.8, 4) is 11.5 Å². The number of benzene rings is 5. The van der Waals surface area contributed by atoms with E-state index in [1.54, 1.807) is 36.6 Å². The number of carbonyl (C=O) groups is 4. The fourth-order valence-corrected chi connectivity index (χ4v) is 10.3. The number of aromatic hydroxyl groups is 1. The molecule has 8 nitrogen and oxygen atoms in total. The third-order valence-electron chi connectivity index (χ3n) is 12.7. The molecule has 2 amide bonds. The number of Topliss-reactive ketones (excluding diaryl/α,β-unsaturated/α-hetero) is 1. The first-order valence-corrected chi connectivity index (χ1v) is 19.4. The second-order valence-electron chi connectivity index (χ2n) is 15.6. The molecule has 2 heterocycles. The highest BCUT2D eigenvalue weighted by Crippen LogP contribution is 2.63. The van der Waals surface area contributed by atoms with Gasteiger partial charge in [-0.2, -0.15) is 0 Å². The fraction of sp³-hybridized carbons (Fsp3) is 0.184. The summed E-state index contributed by atoms with van der Waals surface area (Å²) >= 11 is 0. The van der Waals surface area contributed by atoms with E-state index in [0.717, 1.165) is 28.1 Å². The lowest BCUT2D eigenvalue weighted by molar-refractivity contribution is -0.136. The lowest BCUT2D eigenvalue weighted by atomic mass is 9.44. The molecule has 2 fully saturated rings. The quantitative estimate of drug-likeness (QED) is 0.132. The van der Waals surface area contributed by atoms with Gasteiger partial charge in [-0.3, -0.25) is 24.1 Å². The van der Waals surface area contributed by atoms with Crippen LogP contribution in [-0.2, 0) is 31.0 Å². The summed E-state index contributed by atoms with van der Waals surface area (Å²) in [5, 5.41) is 13.8. The minimum absolute atomic E-state index is 0.0916. The van der Waals surface area contributed by atoms with Gasteiger partial charge in [0.05, 0.1) is 29.2 Å². The van der Waals surface area contributed by atoms with Crippen molar-refractivity contribution in [3.63, 3.8) is 0 Å². The Bertz CT molecular complexity index is 2560. The van der Waals surface area contributed by atoms with Crippen LogP contribution < -0.4 is 15.0 Å². The zero-order chi connectivity index (χ0) is 38.8. The molecule has 280 valence electrons. The van der Waals surface area contributed by atoms with Gasteiger partial charge in [0.1, 0.15) is 11.5 Å². The number of rotatable bonds is 6. The van der Waals surface area contributed by atoms with Crippen LogP contribution >= 0.6 is 0 Å². The van der Waals surface area contributed by atoms with Crippen LogP contribution in [0.15, 0.2) is 163 Å². The number of anilines is 3. The van der Waals surface area contributed by atoms with Gasteiger partial charge < -0.3 is 15.2 Å². The molecule has 10 rings (SSSR count). The monoisotopic (exact) mass is 750 g/mol. The minimum Gasteiger partial charge on any atom is -0.508 e. The van der Waals surface area contributed by atoms with E-state index in [1.807, 2.05) is 103 Å². The van der Waals surface area contributed by atoms with E-state index < -0.39 is 35.0 Å². The first-order valence-electron chi connectivity index (χ1n) is 19.4. The normalized spacial score (nSPS) is 26.2. The van der Waals surface area contributed by atoms with Gasteiger partial charge in [-0.15, -0.1) is 0 Å². The van der Waals surface area contributed by atoms with Crippen LogP contribution in [0.5, 0.6) is 11.5 Å². The van der Waals surface area contributed by atoms with Crippen LogP contribution in [0.3, 0.4) is 0 Å². The number of phenolic OH excluding ortho intramolecular Hbond substituents is 1. The summed E-state index contributed by atoms with van der Waals surface area (Å²) in [6, 6.07) is 40.8. The number of nitrogens with zero attached hydrogens (tertiary/aromatic N) is 1. The Balaban J connectivity index is 1.10. The number of ketones is 2. The maximum atomic E-state index is 15.3. The predicted octanol–water partition coefficient (Wildman–Crippen LogP) is 8.52. The third kappa shape index (κ3) is 5.42. The average molecular weight is 751 g/mol. The Hall–Kier alpha value is -6.80. The number of phenols is 1. The molecule has 2 N–H and O–H groups in total. The van der Waals surface area contributed by atoms with Gasteiger partial charge in [0, 0.05) is 40.8 Å². The van der Waals surface area contributed by atoms with Crippen LogP contribution in [0.4, 0.5) is 17.1 Å². The lowest BCUT2D eigenvalue weighted by Gasteiger charge is -2.56.